The van der Waals surface area contributed by atoms with Crippen LogP contribution in [0.2, 0.25) is 0 Å². The molecule has 0 saturated carbocycles. The molecule has 2 aromatic rings. The van der Waals surface area contributed by atoms with Crippen molar-refractivity contribution in [2.24, 2.45) is 7.05 Å². The first kappa shape index (κ1) is 15.2. The molecule has 22 heavy (non-hydrogen) atoms. The molecule has 3 rings (SSSR count). The molecular formula is C16H25N5O. The van der Waals surface area contributed by atoms with Crippen molar-refractivity contribution in [2.45, 2.75) is 39.4 Å². The van der Waals surface area contributed by atoms with E-state index in [0.29, 0.717) is 5.92 Å². The molecule has 1 aliphatic heterocycles. The van der Waals surface area contributed by atoms with Crippen LogP contribution < -0.4 is 0 Å². The molecule has 0 radical (unpaired) electrons. The lowest BCUT2D eigenvalue weighted by molar-refractivity contribution is 0.104. The lowest BCUT2D eigenvalue weighted by Gasteiger charge is -2.32. The van der Waals surface area contributed by atoms with Gasteiger partial charge in [0.1, 0.15) is 0 Å². The van der Waals surface area contributed by atoms with Crippen molar-refractivity contribution in [1.29, 1.82) is 0 Å². The van der Waals surface area contributed by atoms with Gasteiger partial charge in [0.15, 0.2) is 0 Å². The number of rotatable bonds is 6. The molecule has 6 nitrogen and oxygen atoms in total. The van der Waals surface area contributed by atoms with Gasteiger partial charge in [-0.1, -0.05) is 0 Å². The van der Waals surface area contributed by atoms with Crippen molar-refractivity contribution in [2.75, 3.05) is 19.8 Å². The van der Waals surface area contributed by atoms with Gasteiger partial charge >= 0.3 is 0 Å². The van der Waals surface area contributed by atoms with Crippen LogP contribution in [0.1, 0.15) is 36.6 Å². The number of ether oxygens (including phenoxy) is 1. The summed E-state index contributed by atoms with van der Waals surface area (Å²) in [6.45, 7) is 9.51. The van der Waals surface area contributed by atoms with Gasteiger partial charge in [-0.25, -0.2) is 0 Å². The smallest absolute Gasteiger partial charge is 0.0560 e. The first-order valence-electron chi connectivity index (χ1n) is 8.03. The Morgan fingerprint density at radius 1 is 1.27 bits per heavy atom. The van der Waals surface area contributed by atoms with Crippen LogP contribution in [0.15, 0.2) is 18.6 Å². The lowest BCUT2D eigenvalue weighted by Crippen LogP contribution is -2.35. The zero-order valence-corrected chi connectivity index (χ0v) is 13.7. The Morgan fingerprint density at radius 3 is 2.82 bits per heavy atom. The highest BCUT2D eigenvalue weighted by atomic mass is 16.5. The number of aromatic nitrogens is 4. The minimum atomic E-state index is 0.403. The molecule has 0 saturated heterocycles. The predicted molar refractivity (Wildman–Crippen MR) is 84.5 cm³/mol. The van der Waals surface area contributed by atoms with E-state index >= 15 is 0 Å². The molecule has 6 heteroatoms. The standard InChI is InChI=1S/C16H25N5O/c1-4-21-16-11-20(9-13-6-17-19(3)8-13)10-14(12-22-5-2)15(16)7-18-21/h6-8,14H,4-5,9-12H2,1-3H3/t14-/m1/s1. The third-order valence-corrected chi connectivity index (χ3v) is 4.26. The van der Waals surface area contributed by atoms with Crippen molar-refractivity contribution < 1.29 is 4.74 Å². The lowest BCUT2D eigenvalue weighted by atomic mass is 9.95. The zero-order valence-electron chi connectivity index (χ0n) is 13.7. The van der Waals surface area contributed by atoms with E-state index in [4.69, 9.17) is 4.74 Å². The maximum atomic E-state index is 5.70. The molecule has 0 N–H and O–H groups in total. The van der Waals surface area contributed by atoms with Crippen molar-refractivity contribution in [3.63, 3.8) is 0 Å². The van der Waals surface area contributed by atoms with Crippen LogP contribution >= 0.6 is 0 Å². The second-order valence-electron chi connectivity index (χ2n) is 5.91. The average Bonchev–Trinajstić information content (AvgIpc) is 3.11. The normalized spacial score (nSPS) is 18.6. The van der Waals surface area contributed by atoms with Crippen LogP contribution in [0.25, 0.3) is 0 Å². The highest BCUT2D eigenvalue weighted by Crippen LogP contribution is 2.29. The molecule has 0 aliphatic carbocycles. The summed E-state index contributed by atoms with van der Waals surface area (Å²) < 4.78 is 9.67. The third-order valence-electron chi connectivity index (χ3n) is 4.26. The molecule has 2 aromatic heterocycles. The summed E-state index contributed by atoms with van der Waals surface area (Å²) in [4.78, 5) is 2.47. The maximum Gasteiger partial charge on any atom is 0.0560 e. The molecule has 1 atom stereocenters. The number of fused-ring (bicyclic) bond motifs is 1. The summed E-state index contributed by atoms with van der Waals surface area (Å²) in [5.74, 6) is 0.403. The Balaban J connectivity index is 1.79. The van der Waals surface area contributed by atoms with Crippen molar-refractivity contribution >= 4 is 0 Å². The van der Waals surface area contributed by atoms with E-state index in [-0.39, 0.29) is 0 Å². The van der Waals surface area contributed by atoms with Crippen molar-refractivity contribution in [3.8, 4) is 0 Å². The third kappa shape index (κ3) is 3.08. The quantitative estimate of drug-likeness (QED) is 0.816. The Bertz CT molecular complexity index is 618. The van der Waals surface area contributed by atoms with Crippen LogP contribution in [-0.2, 0) is 31.4 Å². The molecule has 0 bridgehead atoms. The summed E-state index contributed by atoms with van der Waals surface area (Å²) in [6, 6.07) is 0. The Kier molecular flexibility index (Phi) is 4.59. The summed E-state index contributed by atoms with van der Waals surface area (Å²) in [7, 11) is 1.96. The topological polar surface area (TPSA) is 48.1 Å². The molecule has 3 heterocycles. The van der Waals surface area contributed by atoms with Gasteiger partial charge in [-0.2, -0.15) is 10.2 Å². The van der Waals surface area contributed by atoms with Crippen LogP contribution in [0.4, 0.5) is 0 Å². The Hall–Kier alpha value is -1.66. The van der Waals surface area contributed by atoms with Gasteiger partial charge in [0, 0.05) is 63.1 Å². The first-order chi connectivity index (χ1) is 10.7. The predicted octanol–water partition coefficient (Wildman–Crippen LogP) is 1.77. The molecule has 0 amide bonds. The summed E-state index contributed by atoms with van der Waals surface area (Å²) >= 11 is 0. The maximum absolute atomic E-state index is 5.70. The van der Waals surface area contributed by atoms with E-state index in [1.807, 2.05) is 31.0 Å². The van der Waals surface area contributed by atoms with Crippen molar-refractivity contribution in [3.05, 3.63) is 35.4 Å². The molecular weight excluding hydrogens is 278 g/mol. The van der Waals surface area contributed by atoms with Crippen LogP contribution in [0.3, 0.4) is 0 Å². The van der Waals surface area contributed by atoms with Crippen LogP contribution in [-0.4, -0.2) is 44.2 Å². The fraction of sp³-hybridized carbons (Fsp3) is 0.625. The second-order valence-corrected chi connectivity index (χ2v) is 5.91. The number of nitrogens with zero attached hydrogens (tertiary/aromatic N) is 5. The van der Waals surface area contributed by atoms with Crippen molar-refractivity contribution in [1.82, 2.24) is 24.5 Å². The molecule has 120 valence electrons. The van der Waals surface area contributed by atoms with E-state index in [1.54, 1.807) is 0 Å². The van der Waals surface area contributed by atoms with Gasteiger partial charge in [-0.05, 0) is 13.8 Å². The largest absolute Gasteiger partial charge is 0.381 e. The number of hydrogen-bond donors (Lipinski definition) is 0. The number of aryl methyl sites for hydroxylation is 2. The average molecular weight is 303 g/mol. The molecule has 0 unspecified atom stereocenters. The monoisotopic (exact) mass is 303 g/mol. The molecule has 0 spiro atoms. The van der Waals surface area contributed by atoms with Gasteiger partial charge in [-0.3, -0.25) is 14.3 Å². The first-order valence-corrected chi connectivity index (χ1v) is 8.03. The fourth-order valence-corrected chi connectivity index (χ4v) is 3.23. The van der Waals surface area contributed by atoms with Gasteiger partial charge < -0.3 is 4.74 Å². The van der Waals surface area contributed by atoms with Crippen LogP contribution in [0, 0.1) is 0 Å². The van der Waals surface area contributed by atoms with Gasteiger partial charge in [-0.15, -0.1) is 0 Å². The van der Waals surface area contributed by atoms with Gasteiger partial charge in [0.2, 0.25) is 0 Å². The summed E-state index contributed by atoms with van der Waals surface area (Å²) in [5, 5.41) is 8.80. The molecule has 0 fully saturated rings. The van der Waals surface area contributed by atoms with Gasteiger partial charge in [0.25, 0.3) is 0 Å². The molecule has 1 aliphatic rings. The van der Waals surface area contributed by atoms with E-state index in [1.165, 1.54) is 16.8 Å². The number of hydrogen-bond acceptors (Lipinski definition) is 4. The summed E-state index contributed by atoms with van der Waals surface area (Å²) in [6.07, 6.45) is 6.07. The minimum Gasteiger partial charge on any atom is -0.381 e. The van der Waals surface area contributed by atoms with E-state index in [2.05, 4.69) is 32.9 Å². The highest BCUT2D eigenvalue weighted by molar-refractivity contribution is 5.26. The van der Waals surface area contributed by atoms with Gasteiger partial charge in [0.05, 0.1) is 24.7 Å². The SMILES string of the molecule is CCOC[C@H]1CN(Cc2cnn(C)c2)Cc2c1cnn2CC. The second kappa shape index (κ2) is 6.62. The zero-order chi connectivity index (χ0) is 15.5. The van der Waals surface area contributed by atoms with E-state index in [9.17, 15) is 0 Å². The van der Waals surface area contributed by atoms with E-state index < -0.39 is 0 Å². The fourth-order valence-electron chi connectivity index (χ4n) is 3.23. The summed E-state index contributed by atoms with van der Waals surface area (Å²) in [5.41, 5.74) is 3.95. The van der Waals surface area contributed by atoms with E-state index in [0.717, 1.165) is 39.4 Å². The molecule has 0 aromatic carbocycles. The minimum absolute atomic E-state index is 0.403. The highest BCUT2D eigenvalue weighted by Gasteiger charge is 2.28. The Labute approximate surface area is 131 Å². The van der Waals surface area contributed by atoms with Crippen LogP contribution in [0.5, 0.6) is 0 Å². The Morgan fingerprint density at radius 2 is 2.14 bits per heavy atom.